The molecule has 0 aliphatic heterocycles. The van der Waals surface area contributed by atoms with E-state index in [1.165, 1.54) is 0 Å². The fraction of sp³-hybridized carbons (Fsp3) is 0.278. The van der Waals surface area contributed by atoms with Crippen LogP contribution in [-0.4, -0.2) is 26.6 Å². The first-order valence-electron chi connectivity index (χ1n) is 7.85. The predicted octanol–water partition coefficient (Wildman–Crippen LogP) is 3.83. The molecule has 0 saturated heterocycles. The molecule has 0 aliphatic carbocycles. The highest BCUT2D eigenvalue weighted by Gasteiger charge is 2.31. The first kappa shape index (κ1) is 19.3. The van der Waals surface area contributed by atoms with Crippen molar-refractivity contribution in [2.45, 2.75) is 26.3 Å². The molecular formula is C18H21ClN2O3S. The first-order valence-corrected chi connectivity index (χ1v) is 10.1. The van der Waals surface area contributed by atoms with Gasteiger partial charge in [-0.05, 0) is 49.2 Å². The monoisotopic (exact) mass is 380 g/mol. The number of amides is 1. The van der Waals surface area contributed by atoms with Crippen LogP contribution in [-0.2, 0) is 14.8 Å². The highest BCUT2D eigenvalue weighted by molar-refractivity contribution is 7.92. The summed E-state index contributed by atoms with van der Waals surface area (Å²) in [4.78, 5) is 12.8. The fourth-order valence-electron chi connectivity index (χ4n) is 2.62. The van der Waals surface area contributed by atoms with E-state index in [1.807, 2.05) is 6.92 Å². The number of benzene rings is 2. The zero-order valence-electron chi connectivity index (χ0n) is 14.4. The number of nitrogens with one attached hydrogen (secondary N) is 1. The molecule has 5 nitrogen and oxygen atoms in total. The molecule has 134 valence electrons. The van der Waals surface area contributed by atoms with Crippen LogP contribution in [0.2, 0.25) is 5.02 Å². The molecule has 0 unspecified atom stereocenters. The normalized spacial score (nSPS) is 12.5. The Labute approximate surface area is 153 Å². The van der Waals surface area contributed by atoms with Crippen molar-refractivity contribution < 1.29 is 13.2 Å². The summed E-state index contributed by atoms with van der Waals surface area (Å²) in [6, 6.07) is 12.9. The van der Waals surface area contributed by atoms with Crippen molar-refractivity contribution in [3.8, 4) is 0 Å². The molecule has 0 fully saturated rings. The second kappa shape index (κ2) is 7.89. The molecule has 0 saturated carbocycles. The van der Waals surface area contributed by atoms with E-state index in [1.54, 1.807) is 55.5 Å². The van der Waals surface area contributed by atoms with Crippen LogP contribution in [0, 0.1) is 6.92 Å². The summed E-state index contributed by atoms with van der Waals surface area (Å²) in [5.74, 6) is -0.387. The van der Waals surface area contributed by atoms with Gasteiger partial charge in [0.2, 0.25) is 15.9 Å². The van der Waals surface area contributed by atoms with E-state index in [9.17, 15) is 13.2 Å². The van der Waals surface area contributed by atoms with Gasteiger partial charge < -0.3 is 5.32 Å². The topological polar surface area (TPSA) is 66.5 Å². The largest absolute Gasteiger partial charge is 0.324 e. The second-order valence-corrected chi connectivity index (χ2v) is 8.06. The quantitative estimate of drug-likeness (QED) is 0.828. The Kier molecular flexibility index (Phi) is 6.08. The molecule has 25 heavy (non-hydrogen) atoms. The molecule has 1 atom stereocenters. The zero-order chi connectivity index (χ0) is 18.6. The Morgan fingerprint density at radius 1 is 1.20 bits per heavy atom. The van der Waals surface area contributed by atoms with Crippen molar-refractivity contribution in [2.75, 3.05) is 15.9 Å². The van der Waals surface area contributed by atoms with Crippen LogP contribution in [0.1, 0.15) is 18.9 Å². The molecule has 0 spiro atoms. The standard InChI is InChI=1S/C18H21ClN2O3S/c1-4-17(18(22)20-16-11-10-14(19)12-13(16)2)21(25(3,23)24)15-8-6-5-7-9-15/h5-12,17H,4H2,1-3H3,(H,20,22)/t17-/m1/s1. The van der Waals surface area contributed by atoms with Crippen LogP contribution >= 0.6 is 11.6 Å². The minimum Gasteiger partial charge on any atom is -0.324 e. The number of halogens is 1. The van der Waals surface area contributed by atoms with Gasteiger partial charge >= 0.3 is 0 Å². The lowest BCUT2D eigenvalue weighted by Gasteiger charge is -2.30. The number of hydrogen-bond donors (Lipinski definition) is 1. The van der Waals surface area contributed by atoms with Gasteiger partial charge in [-0.2, -0.15) is 0 Å². The number of anilines is 2. The van der Waals surface area contributed by atoms with E-state index < -0.39 is 16.1 Å². The number of hydrogen-bond acceptors (Lipinski definition) is 3. The molecular weight excluding hydrogens is 360 g/mol. The van der Waals surface area contributed by atoms with E-state index in [0.29, 0.717) is 22.8 Å². The van der Waals surface area contributed by atoms with Crippen molar-refractivity contribution in [3.63, 3.8) is 0 Å². The van der Waals surface area contributed by atoms with Crippen molar-refractivity contribution in [1.82, 2.24) is 0 Å². The molecule has 0 aliphatic rings. The van der Waals surface area contributed by atoms with Crippen LogP contribution < -0.4 is 9.62 Å². The Hall–Kier alpha value is -2.05. The molecule has 7 heteroatoms. The number of rotatable bonds is 6. The van der Waals surface area contributed by atoms with Crippen LogP contribution in [0.3, 0.4) is 0 Å². The number of nitrogens with zero attached hydrogens (tertiary/aromatic N) is 1. The lowest BCUT2D eigenvalue weighted by molar-refractivity contribution is -0.117. The number of aryl methyl sites for hydroxylation is 1. The molecule has 0 aromatic heterocycles. The smallest absolute Gasteiger partial charge is 0.248 e. The van der Waals surface area contributed by atoms with Gasteiger partial charge in [0.25, 0.3) is 0 Å². The van der Waals surface area contributed by atoms with Gasteiger partial charge in [0.15, 0.2) is 0 Å². The third-order valence-electron chi connectivity index (χ3n) is 3.79. The number of para-hydroxylation sites is 1. The minimum absolute atomic E-state index is 0.334. The maximum Gasteiger partial charge on any atom is 0.248 e. The van der Waals surface area contributed by atoms with Gasteiger partial charge in [-0.3, -0.25) is 9.10 Å². The Bertz CT molecular complexity index is 854. The van der Waals surface area contributed by atoms with Crippen LogP contribution in [0.5, 0.6) is 0 Å². The summed E-state index contributed by atoms with van der Waals surface area (Å²) in [6.45, 7) is 3.61. The molecule has 1 N–H and O–H groups in total. The van der Waals surface area contributed by atoms with Gasteiger partial charge in [0.1, 0.15) is 6.04 Å². The minimum atomic E-state index is -3.63. The van der Waals surface area contributed by atoms with E-state index in [2.05, 4.69) is 5.32 Å². The maximum absolute atomic E-state index is 12.8. The molecule has 0 radical (unpaired) electrons. The Morgan fingerprint density at radius 2 is 1.84 bits per heavy atom. The van der Waals surface area contributed by atoms with Crippen molar-refractivity contribution in [2.24, 2.45) is 0 Å². The number of carbonyl (C=O) groups is 1. The van der Waals surface area contributed by atoms with E-state index in [0.717, 1.165) is 16.1 Å². The summed E-state index contributed by atoms with van der Waals surface area (Å²) in [6.07, 6.45) is 1.43. The highest BCUT2D eigenvalue weighted by atomic mass is 35.5. The summed E-state index contributed by atoms with van der Waals surface area (Å²) >= 11 is 5.93. The first-order chi connectivity index (χ1) is 11.7. The molecule has 0 heterocycles. The molecule has 0 bridgehead atoms. The van der Waals surface area contributed by atoms with Gasteiger partial charge in [-0.15, -0.1) is 0 Å². The van der Waals surface area contributed by atoms with E-state index in [-0.39, 0.29) is 5.91 Å². The van der Waals surface area contributed by atoms with Gasteiger partial charge in [-0.25, -0.2) is 8.42 Å². The van der Waals surface area contributed by atoms with Crippen LogP contribution in [0.4, 0.5) is 11.4 Å². The third kappa shape index (κ3) is 4.74. The van der Waals surface area contributed by atoms with Gasteiger partial charge in [0.05, 0.1) is 11.9 Å². The number of carbonyl (C=O) groups excluding carboxylic acids is 1. The van der Waals surface area contributed by atoms with E-state index >= 15 is 0 Å². The Morgan fingerprint density at radius 3 is 2.36 bits per heavy atom. The number of sulfonamides is 1. The van der Waals surface area contributed by atoms with Crippen molar-refractivity contribution in [3.05, 3.63) is 59.1 Å². The predicted molar refractivity (Wildman–Crippen MR) is 103 cm³/mol. The fourth-order valence-corrected chi connectivity index (χ4v) is 4.06. The van der Waals surface area contributed by atoms with Crippen molar-refractivity contribution in [1.29, 1.82) is 0 Å². The second-order valence-electron chi connectivity index (χ2n) is 5.77. The average molecular weight is 381 g/mol. The van der Waals surface area contributed by atoms with Crippen molar-refractivity contribution >= 4 is 38.9 Å². The maximum atomic E-state index is 12.8. The summed E-state index contributed by atoms with van der Waals surface area (Å²) < 4.78 is 25.8. The molecule has 2 rings (SSSR count). The highest BCUT2D eigenvalue weighted by Crippen LogP contribution is 2.24. The summed E-state index contributed by atoms with van der Waals surface area (Å²) in [7, 11) is -3.63. The lowest BCUT2D eigenvalue weighted by atomic mass is 10.1. The summed E-state index contributed by atoms with van der Waals surface area (Å²) in [5.41, 5.74) is 1.87. The molecule has 2 aromatic rings. The zero-order valence-corrected chi connectivity index (χ0v) is 15.9. The SMILES string of the molecule is CC[C@H](C(=O)Nc1ccc(Cl)cc1C)N(c1ccccc1)S(C)(=O)=O. The summed E-state index contributed by atoms with van der Waals surface area (Å²) in [5, 5.41) is 3.38. The molecule has 1 amide bonds. The van der Waals surface area contributed by atoms with Gasteiger partial charge in [0, 0.05) is 10.7 Å². The van der Waals surface area contributed by atoms with E-state index in [4.69, 9.17) is 11.6 Å². The average Bonchev–Trinajstić information content (AvgIpc) is 2.54. The lowest BCUT2D eigenvalue weighted by Crippen LogP contribution is -2.47. The Balaban J connectivity index is 2.36. The van der Waals surface area contributed by atoms with Crippen LogP contribution in [0.15, 0.2) is 48.5 Å². The van der Waals surface area contributed by atoms with Crippen LogP contribution in [0.25, 0.3) is 0 Å². The third-order valence-corrected chi connectivity index (χ3v) is 5.20. The van der Waals surface area contributed by atoms with Gasteiger partial charge in [-0.1, -0.05) is 36.7 Å². The molecule has 2 aromatic carbocycles.